The van der Waals surface area contributed by atoms with Crippen molar-refractivity contribution in [3.8, 4) is 0 Å². The lowest BCUT2D eigenvalue weighted by atomic mass is 9.81. The van der Waals surface area contributed by atoms with E-state index in [1.807, 2.05) is 6.07 Å². The van der Waals surface area contributed by atoms with Gasteiger partial charge < -0.3 is 15.3 Å². The van der Waals surface area contributed by atoms with Crippen LogP contribution >= 0.6 is 11.8 Å². The fourth-order valence-electron chi connectivity index (χ4n) is 4.00. The lowest BCUT2D eigenvalue weighted by Crippen LogP contribution is -2.82. The second kappa shape index (κ2) is 6.09. The Morgan fingerprint density at radius 2 is 1.74 bits per heavy atom. The van der Waals surface area contributed by atoms with E-state index < -0.39 is 45.3 Å². The molecule has 0 aliphatic carbocycles. The maximum absolute atomic E-state index is 13.0. The van der Waals surface area contributed by atoms with Gasteiger partial charge >= 0.3 is 5.97 Å². The summed E-state index contributed by atoms with van der Waals surface area (Å²) in [4.78, 5) is 51.3. The predicted octanol–water partition coefficient (Wildman–Crippen LogP) is 1.51. The number of carbonyl (C=O) groups is 4. The van der Waals surface area contributed by atoms with E-state index in [2.05, 4.69) is 5.32 Å². The second-order valence-electron chi connectivity index (χ2n) is 7.61. The molecule has 2 fully saturated rings. The van der Waals surface area contributed by atoms with Crippen LogP contribution in [0.2, 0.25) is 0 Å². The number of thioether (sulfide) groups is 1. The molecule has 2 N–H and O–H groups in total. The topological polar surface area (TPSA) is 104 Å². The van der Waals surface area contributed by atoms with E-state index in [9.17, 15) is 24.3 Å². The number of fused-ring (bicyclic) bond motifs is 1. The zero-order valence-electron chi connectivity index (χ0n) is 15.8. The van der Waals surface area contributed by atoms with Crippen LogP contribution in [0.5, 0.6) is 0 Å². The standard InChI is InChI=1S/C19H22N2O5S/c1-9-7-6-8-10(2)12(9)14(23)20-19(11(3)22)16(26)21-13(15(24)25)18(4,5)27-17(19)21/h6-8,13,17H,1-5H3,(H,20,23)(H,24,25)/t13-,17+,19-/m0/s1. The molecule has 1 aromatic rings. The van der Waals surface area contributed by atoms with Gasteiger partial charge in [0.25, 0.3) is 11.8 Å². The summed E-state index contributed by atoms with van der Waals surface area (Å²) in [5.74, 6) is -2.79. The molecule has 2 heterocycles. The van der Waals surface area contributed by atoms with Gasteiger partial charge in [-0.25, -0.2) is 4.79 Å². The zero-order valence-corrected chi connectivity index (χ0v) is 16.6. The Morgan fingerprint density at radius 1 is 1.19 bits per heavy atom. The van der Waals surface area contributed by atoms with Crippen LogP contribution in [0.15, 0.2) is 18.2 Å². The largest absolute Gasteiger partial charge is 0.480 e. The van der Waals surface area contributed by atoms with Crippen molar-refractivity contribution in [1.29, 1.82) is 0 Å². The quantitative estimate of drug-likeness (QED) is 0.597. The van der Waals surface area contributed by atoms with Gasteiger partial charge in [-0.15, -0.1) is 11.8 Å². The summed E-state index contributed by atoms with van der Waals surface area (Å²) in [6, 6.07) is 4.34. The molecule has 0 bridgehead atoms. The Morgan fingerprint density at radius 3 is 2.22 bits per heavy atom. The van der Waals surface area contributed by atoms with E-state index in [4.69, 9.17) is 0 Å². The first-order valence-corrected chi connectivity index (χ1v) is 9.46. The highest BCUT2D eigenvalue weighted by molar-refractivity contribution is 8.01. The summed E-state index contributed by atoms with van der Waals surface area (Å²) in [5, 5.41) is 11.5. The molecule has 0 spiro atoms. The zero-order chi connectivity index (χ0) is 20.3. The van der Waals surface area contributed by atoms with Crippen molar-refractivity contribution in [2.24, 2.45) is 0 Å². The Bertz CT molecular complexity index is 861. The van der Waals surface area contributed by atoms with E-state index in [1.165, 1.54) is 23.6 Å². The van der Waals surface area contributed by atoms with Crippen molar-refractivity contribution in [3.63, 3.8) is 0 Å². The van der Waals surface area contributed by atoms with Gasteiger partial charge in [0, 0.05) is 10.3 Å². The molecule has 3 rings (SSSR count). The molecule has 0 aromatic heterocycles. The number of aliphatic carboxylic acids is 1. The average Bonchev–Trinajstić information content (AvgIpc) is 2.81. The molecule has 8 heteroatoms. The molecule has 0 radical (unpaired) electrons. The lowest BCUT2D eigenvalue weighted by Gasteiger charge is -2.51. The molecule has 2 amide bonds. The summed E-state index contributed by atoms with van der Waals surface area (Å²) in [5.41, 5.74) is 0.148. The summed E-state index contributed by atoms with van der Waals surface area (Å²) in [7, 11) is 0. The number of carboxylic acid groups (broad SMARTS) is 1. The molecule has 0 unspecified atom stereocenters. The van der Waals surface area contributed by atoms with Crippen LogP contribution in [0.25, 0.3) is 0 Å². The first-order valence-electron chi connectivity index (χ1n) is 8.58. The van der Waals surface area contributed by atoms with Crippen LogP contribution in [-0.4, -0.2) is 55.3 Å². The molecule has 144 valence electrons. The van der Waals surface area contributed by atoms with E-state index in [-0.39, 0.29) is 0 Å². The number of β-lactam (4-membered cyclic amide) rings is 1. The number of aryl methyl sites for hydroxylation is 2. The van der Waals surface area contributed by atoms with Crippen molar-refractivity contribution < 1.29 is 24.3 Å². The van der Waals surface area contributed by atoms with Crippen molar-refractivity contribution in [1.82, 2.24) is 10.2 Å². The summed E-state index contributed by atoms with van der Waals surface area (Å²) >= 11 is 1.23. The summed E-state index contributed by atoms with van der Waals surface area (Å²) in [6.07, 6.45) is 0. The second-order valence-corrected chi connectivity index (χ2v) is 9.35. The number of nitrogens with zero attached hydrogens (tertiary/aromatic N) is 1. The molecule has 1 aromatic carbocycles. The van der Waals surface area contributed by atoms with E-state index in [0.29, 0.717) is 5.56 Å². The molecule has 3 atom stereocenters. The third-order valence-corrected chi connectivity index (χ3v) is 6.99. The molecular weight excluding hydrogens is 368 g/mol. The molecule has 27 heavy (non-hydrogen) atoms. The van der Waals surface area contributed by atoms with Gasteiger partial charge in [-0.1, -0.05) is 18.2 Å². The Kier molecular flexibility index (Phi) is 4.38. The predicted molar refractivity (Wildman–Crippen MR) is 101 cm³/mol. The number of Topliss-reactive ketones (excluding diaryl/α,β-unsaturated/α-hetero) is 1. The van der Waals surface area contributed by atoms with Crippen LogP contribution < -0.4 is 5.32 Å². The fraction of sp³-hybridized carbons (Fsp3) is 0.474. The van der Waals surface area contributed by atoms with Gasteiger partial charge in [-0.3, -0.25) is 14.4 Å². The molecule has 2 aliphatic heterocycles. The van der Waals surface area contributed by atoms with Crippen LogP contribution in [0, 0.1) is 13.8 Å². The van der Waals surface area contributed by atoms with Crippen molar-refractivity contribution >= 4 is 35.3 Å². The highest BCUT2D eigenvalue weighted by Crippen LogP contribution is 2.55. The third-order valence-electron chi connectivity index (χ3n) is 5.36. The molecule has 2 aliphatic rings. The lowest BCUT2D eigenvalue weighted by molar-refractivity contribution is -0.170. The van der Waals surface area contributed by atoms with E-state index in [0.717, 1.165) is 11.1 Å². The third kappa shape index (κ3) is 2.57. The van der Waals surface area contributed by atoms with Gasteiger partial charge in [0.2, 0.25) is 5.54 Å². The number of benzene rings is 1. The number of hydrogen-bond acceptors (Lipinski definition) is 5. The monoisotopic (exact) mass is 390 g/mol. The van der Waals surface area contributed by atoms with Gasteiger partial charge in [-0.05, 0) is 45.7 Å². The first-order chi connectivity index (χ1) is 12.4. The molecular formula is C19H22N2O5S. The van der Waals surface area contributed by atoms with Gasteiger partial charge in [-0.2, -0.15) is 0 Å². The van der Waals surface area contributed by atoms with Gasteiger partial charge in [0.15, 0.2) is 5.78 Å². The Hall–Kier alpha value is -2.35. The van der Waals surface area contributed by atoms with Gasteiger partial charge in [0.05, 0.1) is 0 Å². The normalized spacial score (nSPS) is 28.3. The van der Waals surface area contributed by atoms with Crippen LogP contribution in [0.1, 0.15) is 42.3 Å². The molecule has 2 saturated heterocycles. The smallest absolute Gasteiger partial charge is 0.327 e. The average molecular weight is 390 g/mol. The van der Waals surface area contributed by atoms with Crippen molar-refractivity contribution in [3.05, 3.63) is 34.9 Å². The SMILES string of the molecule is CC(=O)[C@]1(NC(=O)c2c(C)cccc2C)C(=O)N2[C@@H](C(=O)O)C(C)(C)S[C@@H]21. The Labute approximate surface area is 161 Å². The minimum absolute atomic E-state index is 0.418. The number of nitrogens with one attached hydrogen (secondary N) is 1. The fourth-order valence-corrected chi connectivity index (χ4v) is 5.75. The van der Waals surface area contributed by atoms with Crippen molar-refractivity contribution in [2.45, 2.75) is 56.3 Å². The van der Waals surface area contributed by atoms with E-state index in [1.54, 1.807) is 39.8 Å². The summed E-state index contributed by atoms with van der Waals surface area (Å²) in [6.45, 7) is 8.26. The van der Waals surface area contributed by atoms with Crippen LogP contribution in [0.4, 0.5) is 0 Å². The maximum atomic E-state index is 13.0. The molecule has 0 saturated carbocycles. The first kappa shape index (κ1) is 19.4. The van der Waals surface area contributed by atoms with Crippen LogP contribution in [0.3, 0.4) is 0 Å². The number of carbonyl (C=O) groups excluding carboxylic acids is 3. The van der Waals surface area contributed by atoms with Crippen LogP contribution in [-0.2, 0) is 14.4 Å². The Balaban J connectivity index is 2.00. The highest BCUT2D eigenvalue weighted by Gasteiger charge is 2.74. The number of carboxylic acids is 1. The highest BCUT2D eigenvalue weighted by atomic mass is 32.2. The van der Waals surface area contributed by atoms with E-state index >= 15 is 0 Å². The number of hydrogen-bond donors (Lipinski definition) is 2. The molecule has 7 nitrogen and oxygen atoms in total. The number of rotatable bonds is 4. The minimum atomic E-state index is -1.74. The minimum Gasteiger partial charge on any atom is -0.480 e. The number of ketones is 1. The van der Waals surface area contributed by atoms with Gasteiger partial charge in [0.1, 0.15) is 11.4 Å². The number of amides is 2. The summed E-state index contributed by atoms with van der Waals surface area (Å²) < 4.78 is -0.785. The maximum Gasteiger partial charge on any atom is 0.327 e. The van der Waals surface area contributed by atoms with Crippen molar-refractivity contribution in [2.75, 3.05) is 0 Å².